The van der Waals surface area contributed by atoms with Gasteiger partial charge < -0.3 is 4.89 Å². The van der Waals surface area contributed by atoms with Gasteiger partial charge in [-0.1, -0.05) is 51.9 Å². The Morgan fingerprint density at radius 3 is 2.00 bits per heavy atom. The summed E-state index contributed by atoms with van der Waals surface area (Å²) in [6.45, 7) is 2.50. The summed E-state index contributed by atoms with van der Waals surface area (Å²) in [5.74, 6) is 0. The van der Waals surface area contributed by atoms with E-state index in [0.29, 0.717) is 6.61 Å². The summed E-state index contributed by atoms with van der Waals surface area (Å²) in [5, 5.41) is 0. The highest BCUT2D eigenvalue weighted by atomic mass is 31.2. The smallest absolute Gasteiger partial charge is 0.313 e. The van der Waals surface area contributed by atoms with Gasteiger partial charge in [0.2, 0.25) is 0 Å². The van der Waals surface area contributed by atoms with Crippen molar-refractivity contribution in [1.29, 1.82) is 0 Å². The zero-order chi connectivity index (χ0) is 11.6. The Kier molecular flexibility index (Phi) is 9.41. The van der Waals surface area contributed by atoms with Crippen LogP contribution in [0.2, 0.25) is 0 Å². The number of hydrogen-bond donors (Lipinski definition) is 2. The molecule has 0 saturated carbocycles. The SMILES string of the molecule is CCCCCCCCCCOP(N)(=O)O. The Bertz CT molecular complexity index is 182. The molecule has 0 amide bonds. The van der Waals surface area contributed by atoms with Gasteiger partial charge in [0.25, 0.3) is 0 Å². The zero-order valence-corrected chi connectivity index (χ0v) is 10.5. The van der Waals surface area contributed by atoms with Gasteiger partial charge in [-0.3, -0.25) is 4.52 Å². The fourth-order valence-corrected chi connectivity index (χ4v) is 1.82. The number of hydrogen-bond acceptors (Lipinski definition) is 2. The minimum absolute atomic E-state index is 0.291. The monoisotopic (exact) mass is 237 g/mol. The summed E-state index contributed by atoms with van der Waals surface area (Å²) in [7, 11) is -3.74. The van der Waals surface area contributed by atoms with Crippen LogP contribution in [0.4, 0.5) is 0 Å². The molecular formula is C10H24NO3P. The lowest BCUT2D eigenvalue weighted by atomic mass is 10.1. The second-order valence-corrected chi connectivity index (χ2v) is 5.26. The van der Waals surface area contributed by atoms with Gasteiger partial charge in [-0.05, 0) is 6.42 Å². The molecule has 0 bridgehead atoms. The molecule has 92 valence electrons. The largest absolute Gasteiger partial charge is 0.400 e. The van der Waals surface area contributed by atoms with E-state index >= 15 is 0 Å². The van der Waals surface area contributed by atoms with Crippen LogP contribution in [0, 0.1) is 0 Å². The van der Waals surface area contributed by atoms with Crippen LogP contribution in [0.3, 0.4) is 0 Å². The first-order valence-corrected chi connectivity index (χ1v) is 7.47. The Labute approximate surface area is 92.8 Å². The molecule has 15 heavy (non-hydrogen) atoms. The lowest BCUT2D eigenvalue weighted by molar-refractivity contribution is 0.253. The van der Waals surface area contributed by atoms with Gasteiger partial charge in [0.1, 0.15) is 0 Å². The van der Waals surface area contributed by atoms with Gasteiger partial charge in [0, 0.05) is 0 Å². The fraction of sp³-hybridized carbons (Fsp3) is 1.00. The number of rotatable bonds is 10. The van der Waals surface area contributed by atoms with Gasteiger partial charge in [-0.2, -0.15) is 0 Å². The van der Waals surface area contributed by atoms with Crippen molar-refractivity contribution in [2.75, 3.05) is 6.61 Å². The minimum Gasteiger partial charge on any atom is -0.313 e. The Hall–Kier alpha value is 0.110. The average Bonchev–Trinajstić information content (AvgIpc) is 2.14. The van der Waals surface area contributed by atoms with Crippen molar-refractivity contribution in [3.63, 3.8) is 0 Å². The van der Waals surface area contributed by atoms with E-state index in [-0.39, 0.29) is 0 Å². The van der Waals surface area contributed by atoms with Crippen LogP contribution < -0.4 is 5.50 Å². The first kappa shape index (κ1) is 15.1. The molecule has 0 aromatic carbocycles. The highest BCUT2D eigenvalue weighted by Crippen LogP contribution is 2.31. The van der Waals surface area contributed by atoms with Crippen molar-refractivity contribution in [3.05, 3.63) is 0 Å². The predicted molar refractivity (Wildman–Crippen MR) is 62.6 cm³/mol. The summed E-state index contributed by atoms with van der Waals surface area (Å²) in [4.78, 5) is 8.63. The molecule has 0 radical (unpaired) electrons. The molecule has 3 N–H and O–H groups in total. The Balaban J connectivity index is 3.02. The number of unbranched alkanes of at least 4 members (excludes halogenated alkanes) is 7. The van der Waals surface area contributed by atoms with Crippen LogP contribution in [-0.2, 0) is 9.09 Å². The van der Waals surface area contributed by atoms with Crippen LogP contribution in [0.15, 0.2) is 0 Å². The average molecular weight is 237 g/mol. The molecule has 0 fully saturated rings. The van der Waals surface area contributed by atoms with Gasteiger partial charge in [0.05, 0.1) is 6.61 Å². The molecule has 0 heterocycles. The third-order valence-electron chi connectivity index (χ3n) is 2.27. The van der Waals surface area contributed by atoms with Crippen LogP contribution in [0.5, 0.6) is 0 Å². The summed E-state index contributed by atoms with van der Waals surface area (Å²) >= 11 is 0. The molecule has 0 aliphatic heterocycles. The van der Waals surface area contributed by atoms with Gasteiger partial charge >= 0.3 is 7.75 Å². The quantitative estimate of drug-likeness (QED) is 0.452. The maximum absolute atomic E-state index is 10.5. The van der Waals surface area contributed by atoms with Crippen molar-refractivity contribution >= 4 is 7.75 Å². The van der Waals surface area contributed by atoms with Crippen molar-refractivity contribution in [3.8, 4) is 0 Å². The van der Waals surface area contributed by atoms with E-state index < -0.39 is 7.75 Å². The third kappa shape index (κ3) is 14.1. The van der Waals surface area contributed by atoms with Crippen molar-refractivity contribution in [2.24, 2.45) is 5.50 Å². The molecule has 1 unspecified atom stereocenters. The lowest BCUT2D eigenvalue weighted by Gasteiger charge is -2.05. The Morgan fingerprint density at radius 1 is 1.07 bits per heavy atom. The fourth-order valence-electron chi connectivity index (χ4n) is 1.43. The molecule has 5 heteroatoms. The van der Waals surface area contributed by atoms with E-state index in [9.17, 15) is 4.57 Å². The highest BCUT2D eigenvalue weighted by molar-refractivity contribution is 7.50. The van der Waals surface area contributed by atoms with E-state index in [1.54, 1.807) is 0 Å². The molecule has 0 aliphatic carbocycles. The normalized spacial score (nSPS) is 15.1. The molecule has 0 aromatic heterocycles. The molecule has 0 aromatic rings. The third-order valence-corrected chi connectivity index (χ3v) is 2.83. The van der Waals surface area contributed by atoms with Crippen LogP contribution in [-0.4, -0.2) is 11.5 Å². The van der Waals surface area contributed by atoms with E-state index in [1.165, 1.54) is 38.5 Å². The molecule has 0 saturated heterocycles. The molecule has 4 nitrogen and oxygen atoms in total. The maximum atomic E-state index is 10.5. The topological polar surface area (TPSA) is 72.5 Å². The minimum atomic E-state index is -3.74. The standard InChI is InChI=1S/C10H24NO3P/c1-2-3-4-5-6-7-8-9-10-14-15(11,12)13/h2-10H2,1H3,(H3,11,12,13). The van der Waals surface area contributed by atoms with Crippen LogP contribution in [0.25, 0.3) is 0 Å². The van der Waals surface area contributed by atoms with Crippen LogP contribution >= 0.6 is 7.75 Å². The summed E-state index contributed by atoms with van der Waals surface area (Å²) in [6.07, 6.45) is 9.50. The number of nitrogens with two attached hydrogens (primary N) is 1. The van der Waals surface area contributed by atoms with Gasteiger partial charge in [0.15, 0.2) is 0 Å². The second-order valence-electron chi connectivity index (χ2n) is 3.87. The first-order chi connectivity index (χ1) is 7.06. The predicted octanol–water partition coefficient (Wildman–Crippen LogP) is 3.20. The van der Waals surface area contributed by atoms with Crippen molar-refractivity contribution in [2.45, 2.75) is 58.3 Å². The summed E-state index contributed by atoms with van der Waals surface area (Å²) in [6, 6.07) is 0. The first-order valence-electron chi connectivity index (χ1n) is 5.82. The highest BCUT2D eigenvalue weighted by Gasteiger charge is 2.09. The lowest BCUT2D eigenvalue weighted by Crippen LogP contribution is -1.99. The van der Waals surface area contributed by atoms with E-state index in [4.69, 9.17) is 10.4 Å². The molecule has 0 aliphatic rings. The second kappa shape index (κ2) is 9.34. The molecule has 0 spiro atoms. The molecular weight excluding hydrogens is 213 g/mol. The van der Waals surface area contributed by atoms with E-state index in [1.807, 2.05) is 0 Å². The van der Waals surface area contributed by atoms with Crippen LogP contribution in [0.1, 0.15) is 58.3 Å². The van der Waals surface area contributed by atoms with Crippen molar-refractivity contribution < 1.29 is 14.0 Å². The maximum Gasteiger partial charge on any atom is 0.400 e. The van der Waals surface area contributed by atoms with E-state index in [0.717, 1.165) is 12.8 Å². The molecule has 1 atom stereocenters. The Morgan fingerprint density at radius 2 is 1.53 bits per heavy atom. The summed E-state index contributed by atoms with van der Waals surface area (Å²) < 4.78 is 15.1. The van der Waals surface area contributed by atoms with E-state index in [2.05, 4.69) is 11.4 Å². The molecule has 0 rings (SSSR count). The van der Waals surface area contributed by atoms with Crippen molar-refractivity contribution in [1.82, 2.24) is 0 Å². The van der Waals surface area contributed by atoms with Gasteiger partial charge in [-0.25, -0.2) is 10.1 Å². The summed E-state index contributed by atoms with van der Waals surface area (Å²) in [5.41, 5.74) is 4.82. The van der Waals surface area contributed by atoms with Gasteiger partial charge in [-0.15, -0.1) is 0 Å². The zero-order valence-electron chi connectivity index (χ0n) is 9.65.